The first-order valence-electron chi connectivity index (χ1n) is 5.87. The highest BCUT2D eigenvalue weighted by Gasteiger charge is 2.20. The fourth-order valence-corrected chi connectivity index (χ4v) is 1.72. The highest BCUT2D eigenvalue weighted by Crippen LogP contribution is 2.01. The van der Waals surface area contributed by atoms with E-state index in [1.165, 1.54) is 0 Å². The maximum atomic E-state index is 11.7. The van der Waals surface area contributed by atoms with Gasteiger partial charge >= 0.3 is 0 Å². The monoisotopic (exact) mass is 249 g/mol. The third kappa shape index (κ3) is 5.14. The molecule has 2 N–H and O–H groups in total. The quantitative estimate of drug-likeness (QED) is 0.768. The van der Waals surface area contributed by atoms with Crippen LogP contribution in [-0.4, -0.2) is 49.1 Å². The van der Waals surface area contributed by atoms with Crippen molar-refractivity contribution in [3.05, 3.63) is 0 Å². The summed E-state index contributed by atoms with van der Waals surface area (Å²) < 4.78 is 0. The summed E-state index contributed by atoms with van der Waals surface area (Å²) in [5.74, 6) is 0.151. The number of nitrogens with one attached hydrogen (secondary N) is 2. The largest absolute Gasteiger partial charge is 0.353 e. The van der Waals surface area contributed by atoms with Crippen LogP contribution in [-0.2, 0) is 4.79 Å². The maximum absolute atomic E-state index is 11.7. The Kier molecular flexibility index (Phi) is 7.72. The van der Waals surface area contributed by atoms with Crippen molar-refractivity contribution in [3.8, 4) is 0 Å². The first-order valence-corrected chi connectivity index (χ1v) is 5.87. The number of hydrogen-bond donors (Lipinski definition) is 2. The summed E-state index contributed by atoms with van der Waals surface area (Å²) in [5.41, 5.74) is 0. The summed E-state index contributed by atoms with van der Waals surface area (Å²) in [6.45, 7) is 9.75. The summed E-state index contributed by atoms with van der Waals surface area (Å²) in [6, 6.07) is 0.747. The molecule has 1 saturated heterocycles. The average Bonchev–Trinajstić information content (AvgIpc) is 2.21. The summed E-state index contributed by atoms with van der Waals surface area (Å²) in [4.78, 5) is 13.9. The summed E-state index contributed by atoms with van der Waals surface area (Å²) in [5, 5.41) is 6.31. The van der Waals surface area contributed by atoms with Gasteiger partial charge in [0.05, 0.1) is 6.54 Å². The molecule has 2 unspecified atom stereocenters. The number of carbonyl (C=O) groups excluding carboxylic acids is 1. The van der Waals surface area contributed by atoms with E-state index in [4.69, 9.17) is 0 Å². The van der Waals surface area contributed by atoms with E-state index in [1.54, 1.807) is 0 Å². The Hall–Kier alpha value is -0.320. The SMILES string of the molecule is CCC(C)NC(=O)CN1CCNCC1C.Cl. The zero-order chi connectivity index (χ0) is 11.3. The van der Waals surface area contributed by atoms with Crippen LogP contribution in [0.5, 0.6) is 0 Å². The van der Waals surface area contributed by atoms with E-state index in [2.05, 4.69) is 29.4 Å². The minimum absolute atomic E-state index is 0. The third-order valence-electron chi connectivity index (χ3n) is 3.01. The molecule has 0 aromatic carbocycles. The molecule has 1 fully saturated rings. The Morgan fingerprint density at radius 1 is 1.62 bits per heavy atom. The van der Waals surface area contributed by atoms with Crippen LogP contribution in [0.4, 0.5) is 0 Å². The van der Waals surface area contributed by atoms with E-state index in [-0.39, 0.29) is 24.4 Å². The van der Waals surface area contributed by atoms with Gasteiger partial charge in [0.2, 0.25) is 5.91 Å². The number of amides is 1. The lowest BCUT2D eigenvalue weighted by Crippen LogP contribution is -2.53. The van der Waals surface area contributed by atoms with E-state index in [1.807, 2.05) is 6.92 Å². The van der Waals surface area contributed by atoms with Gasteiger partial charge in [-0.2, -0.15) is 0 Å². The fourth-order valence-electron chi connectivity index (χ4n) is 1.72. The van der Waals surface area contributed by atoms with Crippen LogP contribution >= 0.6 is 12.4 Å². The number of nitrogens with zero attached hydrogens (tertiary/aromatic N) is 1. The van der Waals surface area contributed by atoms with Crippen molar-refractivity contribution in [1.29, 1.82) is 0 Å². The van der Waals surface area contributed by atoms with Crippen LogP contribution in [0.3, 0.4) is 0 Å². The molecule has 0 aromatic rings. The molecule has 16 heavy (non-hydrogen) atoms. The molecular weight excluding hydrogens is 226 g/mol. The number of rotatable bonds is 4. The minimum Gasteiger partial charge on any atom is -0.353 e. The van der Waals surface area contributed by atoms with Crippen LogP contribution < -0.4 is 10.6 Å². The van der Waals surface area contributed by atoms with Gasteiger partial charge in [0.15, 0.2) is 0 Å². The minimum atomic E-state index is 0. The first-order chi connectivity index (χ1) is 7.13. The standard InChI is InChI=1S/C11H23N3O.ClH/c1-4-9(2)13-11(15)8-14-6-5-12-7-10(14)3;/h9-10,12H,4-8H2,1-3H3,(H,13,15);1H. The van der Waals surface area contributed by atoms with Crippen molar-refractivity contribution in [2.75, 3.05) is 26.2 Å². The van der Waals surface area contributed by atoms with Gasteiger partial charge in [0.25, 0.3) is 0 Å². The van der Waals surface area contributed by atoms with E-state index < -0.39 is 0 Å². The molecule has 1 aliphatic rings. The molecule has 1 amide bonds. The summed E-state index contributed by atoms with van der Waals surface area (Å²) in [6.07, 6.45) is 0.989. The Balaban J connectivity index is 0.00000225. The molecule has 0 aliphatic carbocycles. The molecule has 1 rings (SSSR count). The molecule has 0 radical (unpaired) electrons. The normalized spacial score (nSPS) is 23.3. The Morgan fingerprint density at radius 2 is 2.31 bits per heavy atom. The lowest BCUT2D eigenvalue weighted by Gasteiger charge is -2.33. The average molecular weight is 250 g/mol. The van der Waals surface area contributed by atoms with Gasteiger partial charge in [-0.1, -0.05) is 6.92 Å². The third-order valence-corrected chi connectivity index (χ3v) is 3.01. The van der Waals surface area contributed by atoms with Gasteiger partial charge in [-0.25, -0.2) is 0 Å². The van der Waals surface area contributed by atoms with Crippen molar-refractivity contribution in [1.82, 2.24) is 15.5 Å². The van der Waals surface area contributed by atoms with Gasteiger partial charge in [-0.05, 0) is 20.3 Å². The Morgan fingerprint density at radius 3 is 2.88 bits per heavy atom. The second kappa shape index (κ2) is 7.87. The first kappa shape index (κ1) is 15.7. The van der Waals surface area contributed by atoms with Gasteiger partial charge in [0.1, 0.15) is 0 Å². The smallest absolute Gasteiger partial charge is 0.234 e. The second-order valence-electron chi connectivity index (χ2n) is 4.40. The molecule has 0 bridgehead atoms. The second-order valence-corrected chi connectivity index (χ2v) is 4.40. The molecular formula is C11H24ClN3O. The van der Waals surface area contributed by atoms with Crippen LogP contribution in [0.2, 0.25) is 0 Å². The van der Waals surface area contributed by atoms with Crippen LogP contribution in [0.25, 0.3) is 0 Å². The van der Waals surface area contributed by atoms with Crippen LogP contribution in [0, 0.1) is 0 Å². The zero-order valence-electron chi connectivity index (χ0n) is 10.5. The van der Waals surface area contributed by atoms with Crippen molar-refractivity contribution in [3.63, 3.8) is 0 Å². The predicted octanol–water partition coefficient (Wildman–Crippen LogP) is 0.617. The van der Waals surface area contributed by atoms with Gasteiger partial charge in [0, 0.05) is 31.7 Å². The summed E-state index contributed by atoms with van der Waals surface area (Å²) in [7, 11) is 0. The molecule has 96 valence electrons. The highest BCUT2D eigenvalue weighted by atomic mass is 35.5. The Labute approximate surface area is 105 Å². The van der Waals surface area contributed by atoms with Gasteiger partial charge < -0.3 is 10.6 Å². The highest BCUT2D eigenvalue weighted by molar-refractivity contribution is 5.85. The van der Waals surface area contributed by atoms with E-state index in [0.29, 0.717) is 12.6 Å². The van der Waals surface area contributed by atoms with Gasteiger partial charge in [-0.15, -0.1) is 12.4 Å². The molecule has 4 nitrogen and oxygen atoms in total. The number of hydrogen-bond acceptors (Lipinski definition) is 3. The van der Waals surface area contributed by atoms with E-state index >= 15 is 0 Å². The molecule has 5 heteroatoms. The lowest BCUT2D eigenvalue weighted by molar-refractivity contribution is -0.123. The van der Waals surface area contributed by atoms with Crippen LogP contribution in [0.1, 0.15) is 27.2 Å². The van der Waals surface area contributed by atoms with Crippen LogP contribution in [0.15, 0.2) is 0 Å². The van der Waals surface area contributed by atoms with E-state index in [9.17, 15) is 4.79 Å². The number of halogens is 1. The Bertz CT molecular complexity index is 213. The number of carbonyl (C=O) groups is 1. The summed E-state index contributed by atoms with van der Waals surface area (Å²) >= 11 is 0. The van der Waals surface area contributed by atoms with Crippen molar-refractivity contribution in [2.24, 2.45) is 0 Å². The molecule has 0 aromatic heterocycles. The van der Waals surface area contributed by atoms with Gasteiger partial charge in [-0.3, -0.25) is 9.69 Å². The maximum Gasteiger partial charge on any atom is 0.234 e. The van der Waals surface area contributed by atoms with Crippen molar-refractivity contribution < 1.29 is 4.79 Å². The fraction of sp³-hybridized carbons (Fsp3) is 0.909. The molecule has 1 heterocycles. The molecule has 2 atom stereocenters. The molecule has 0 spiro atoms. The number of piperazine rings is 1. The van der Waals surface area contributed by atoms with Crippen molar-refractivity contribution >= 4 is 18.3 Å². The van der Waals surface area contributed by atoms with Crippen molar-refractivity contribution in [2.45, 2.75) is 39.3 Å². The predicted molar refractivity (Wildman–Crippen MR) is 69.0 cm³/mol. The van der Waals surface area contributed by atoms with E-state index in [0.717, 1.165) is 26.1 Å². The topological polar surface area (TPSA) is 44.4 Å². The molecule has 1 aliphatic heterocycles. The molecule has 0 saturated carbocycles. The lowest BCUT2D eigenvalue weighted by atomic mass is 10.2. The zero-order valence-corrected chi connectivity index (χ0v) is 11.3.